The topological polar surface area (TPSA) is 99.4 Å². The highest BCUT2D eigenvalue weighted by molar-refractivity contribution is 6.29. The van der Waals surface area contributed by atoms with E-state index in [1.807, 2.05) is 0 Å². The van der Waals surface area contributed by atoms with Gasteiger partial charge >= 0.3 is 0 Å². The molecule has 1 amide bonds. The van der Waals surface area contributed by atoms with Crippen LogP contribution in [-0.4, -0.2) is 30.1 Å². The number of hydrogen-bond donors (Lipinski definition) is 2. The fourth-order valence-electron chi connectivity index (χ4n) is 1.69. The highest BCUT2D eigenvalue weighted by Crippen LogP contribution is 2.26. The summed E-state index contributed by atoms with van der Waals surface area (Å²) in [5, 5.41) is 2.66. The van der Waals surface area contributed by atoms with Crippen molar-refractivity contribution in [3.8, 4) is 11.6 Å². The van der Waals surface area contributed by atoms with Crippen molar-refractivity contribution in [3.63, 3.8) is 0 Å². The number of nitrogens with zero attached hydrogens (tertiary/aromatic N) is 2. The third-order valence-electron chi connectivity index (χ3n) is 2.60. The summed E-state index contributed by atoms with van der Waals surface area (Å²) in [5.74, 6) is 0.0751. The Morgan fingerprint density at radius 2 is 2.05 bits per heavy atom. The second-order valence-electron chi connectivity index (χ2n) is 3.94. The molecule has 8 heteroatoms. The Morgan fingerprint density at radius 3 is 2.71 bits per heavy atom. The molecule has 1 aromatic carbocycles. The molecule has 7 nitrogen and oxygen atoms in total. The van der Waals surface area contributed by atoms with Gasteiger partial charge in [0.25, 0.3) is 5.91 Å². The first kappa shape index (κ1) is 14.9. The first-order chi connectivity index (χ1) is 10.0. The largest absolute Gasteiger partial charge is 0.494 e. The van der Waals surface area contributed by atoms with E-state index in [1.165, 1.54) is 20.3 Å². The molecular weight excluding hydrogens is 296 g/mol. The van der Waals surface area contributed by atoms with E-state index in [0.29, 0.717) is 5.69 Å². The van der Waals surface area contributed by atoms with Crippen LogP contribution in [0.3, 0.4) is 0 Å². The summed E-state index contributed by atoms with van der Waals surface area (Å²) in [5.41, 5.74) is 6.38. The van der Waals surface area contributed by atoms with Gasteiger partial charge in [0.15, 0.2) is 5.75 Å². The monoisotopic (exact) mass is 308 g/mol. The molecule has 0 radical (unpaired) electrons. The van der Waals surface area contributed by atoms with E-state index in [1.54, 1.807) is 18.2 Å². The zero-order valence-electron chi connectivity index (χ0n) is 11.4. The lowest BCUT2D eigenvalue weighted by Gasteiger charge is -2.11. The number of carbonyl (C=O) groups is 1. The van der Waals surface area contributed by atoms with Gasteiger partial charge in [0.1, 0.15) is 5.15 Å². The average Bonchev–Trinajstić information content (AvgIpc) is 2.46. The minimum Gasteiger partial charge on any atom is -0.494 e. The predicted molar refractivity (Wildman–Crippen MR) is 79.0 cm³/mol. The van der Waals surface area contributed by atoms with E-state index in [0.717, 1.165) is 0 Å². The maximum absolute atomic E-state index is 12.2. The number of ether oxygens (including phenoxy) is 2. The third-order valence-corrected chi connectivity index (χ3v) is 2.79. The molecule has 2 rings (SSSR count). The van der Waals surface area contributed by atoms with Crippen molar-refractivity contribution in [2.75, 3.05) is 25.3 Å². The van der Waals surface area contributed by atoms with Gasteiger partial charge in [0.2, 0.25) is 11.8 Å². The Labute approximate surface area is 126 Å². The Hall–Kier alpha value is -2.54. The van der Waals surface area contributed by atoms with Gasteiger partial charge in [-0.05, 0) is 12.1 Å². The van der Waals surface area contributed by atoms with Crippen molar-refractivity contribution < 1.29 is 14.3 Å². The number of hydrogen-bond acceptors (Lipinski definition) is 6. The maximum atomic E-state index is 12.2. The standard InChI is InChI=1S/C13H13ClN4O3/c1-20-10-6-9(14)16-13(17-10)18-12(19)7-4-3-5-8(15)11(7)21-2/h3-6H,15H2,1-2H3,(H,16,17,18,19). The number of carbonyl (C=O) groups excluding carboxylic acids is 1. The lowest BCUT2D eigenvalue weighted by Crippen LogP contribution is -2.16. The van der Waals surface area contributed by atoms with Crippen LogP contribution in [-0.2, 0) is 0 Å². The summed E-state index contributed by atoms with van der Waals surface area (Å²) < 4.78 is 10.1. The van der Waals surface area contributed by atoms with Crippen LogP contribution in [0.4, 0.5) is 11.6 Å². The minimum absolute atomic E-state index is 0.0221. The van der Waals surface area contributed by atoms with Crippen molar-refractivity contribution in [1.29, 1.82) is 0 Å². The second kappa shape index (κ2) is 6.27. The summed E-state index contributed by atoms with van der Waals surface area (Å²) in [6, 6.07) is 6.28. The van der Waals surface area contributed by atoms with Crippen LogP contribution in [0.5, 0.6) is 11.6 Å². The van der Waals surface area contributed by atoms with Gasteiger partial charge in [0, 0.05) is 6.07 Å². The van der Waals surface area contributed by atoms with Gasteiger partial charge in [-0.15, -0.1) is 0 Å². The first-order valence-corrected chi connectivity index (χ1v) is 6.25. The molecule has 1 heterocycles. The molecule has 0 atom stereocenters. The summed E-state index contributed by atoms with van der Waals surface area (Å²) in [6.45, 7) is 0. The Morgan fingerprint density at radius 1 is 1.29 bits per heavy atom. The predicted octanol–water partition coefficient (Wildman–Crippen LogP) is 1.98. The quantitative estimate of drug-likeness (QED) is 0.662. The van der Waals surface area contributed by atoms with Crippen LogP contribution >= 0.6 is 11.6 Å². The molecule has 1 aromatic heterocycles. The SMILES string of the molecule is COc1cc(Cl)nc(NC(=O)c2cccc(N)c2OC)n1. The van der Waals surface area contributed by atoms with Gasteiger partial charge in [-0.25, -0.2) is 4.98 Å². The molecule has 0 saturated heterocycles. The van der Waals surface area contributed by atoms with Crippen LogP contribution in [0.2, 0.25) is 5.15 Å². The Bertz CT molecular complexity index is 678. The Kier molecular flexibility index (Phi) is 4.44. The van der Waals surface area contributed by atoms with Crippen molar-refractivity contribution in [2.45, 2.75) is 0 Å². The number of aromatic nitrogens is 2. The van der Waals surface area contributed by atoms with Crippen LogP contribution < -0.4 is 20.5 Å². The van der Waals surface area contributed by atoms with Gasteiger partial charge in [-0.2, -0.15) is 4.98 Å². The first-order valence-electron chi connectivity index (χ1n) is 5.87. The number of anilines is 2. The third kappa shape index (κ3) is 3.32. The van der Waals surface area contributed by atoms with E-state index in [4.69, 9.17) is 26.8 Å². The second-order valence-corrected chi connectivity index (χ2v) is 4.33. The number of benzene rings is 1. The van der Waals surface area contributed by atoms with E-state index in [9.17, 15) is 4.79 Å². The number of halogens is 1. The summed E-state index contributed by atoms with van der Waals surface area (Å²) in [4.78, 5) is 20.1. The highest BCUT2D eigenvalue weighted by Gasteiger charge is 2.16. The van der Waals surface area contributed by atoms with Crippen LogP contribution in [0.15, 0.2) is 24.3 Å². The lowest BCUT2D eigenvalue weighted by atomic mass is 10.1. The number of nitrogen functional groups attached to an aromatic ring is 1. The molecule has 0 unspecified atom stereocenters. The lowest BCUT2D eigenvalue weighted by molar-refractivity contribution is 0.102. The van der Waals surface area contributed by atoms with Gasteiger partial charge in [-0.3, -0.25) is 10.1 Å². The minimum atomic E-state index is -0.469. The fraction of sp³-hybridized carbons (Fsp3) is 0.154. The number of nitrogens with one attached hydrogen (secondary N) is 1. The van der Waals surface area contributed by atoms with Gasteiger partial charge < -0.3 is 15.2 Å². The van der Waals surface area contributed by atoms with E-state index in [-0.39, 0.29) is 28.3 Å². The smallest absolute Gasteiger partial charge is 0.261 e. The maximum Gasteiger partial charge on any atom is 0.261 e. The highest BCUT2D eigenvalue weighted by atomic mass is 35.5. The molecule has 110 valence electrons. The van der Waals surface area contributed by atoms with Crippen LogP contribution in [0.25, 0.3) is 0 Å². The molecule has 0 fully saturated rings. The average molecular weight is 309 g/mol. The summed E-state index contributed by atoms with van der Waals surface area (Å²) in [6.07, 6.45) is 0. The van der Waals surface area contributed by atoms with E-state index in [2.05, 4.69) is 15.3 Å². The van der Waals surface area contributed by atoms with Crippen LogP contribution in [0, 0.1) is 0 Å². The molecule has 3 N–H and O–H groups in total. The molecule has 0 aliphatic carbocycles. The molecule has 0 aliphatic rings. The van der Waals surface area contributed by atoms with Gasteiger partial charge in [-0.1, -0.05) is 17.7 Å². The molecule has 2 aromatic rings. The van der Waals surface area contributed by atoms with Crippen molar-refractivity contribution in [2.24, 2.45) is 0 Å². The number of nitrogens with two attached hydrogens (primary N) is 1. The van der Waals surface area contributed by atoms with E-state index >= 15 is 0 Å². The molecule has 0 bridgehead atoms. The van der Waals surface area contributed by atoms with Crippen molar-refractivity contribution >= 4 is 29.1 Å². The zero-order valence-corrected chi connectivity index (χ0v) is 12.1. The van der Waals surface area contributed by atoms with Crippen molar-refractivity contribution in [1.82, 2.24) is 9.97 Å². The number of amides is 1. The summed E-state index contributed by atoms with van der Waals surface area (Å²) in [7, 11) is 2.87. The molecule has 0 aliphatic heterocycles. The number of methoxy groups -OCH3 is 2. The number of para-hydroxylation sites is 1. The summed E-state index contributed by atoms with van der Waals surface area (Å²) >= 11 is 5.81. The normalized spacial score (nSPS) is 10.0. The molecule has 21 heavy (non-hydrogen) atoms. The Balaban J connectivity index is 2.30. The van der Waals surface area contributed by atoms with Gasteiger partial charge in [0.05, 0.1) is 25.5 Å². The van der Waals surface area contributed by atoms with Crippen LogP contribution in [0.1, 0.15) is 10.4 Å². The fourth-order valence-corrected chi connectivity index (χ4v) is 1.86. The van der Waals surface area contributed by atoms with Crippen molar-refractivity contribution in [3.05, 3.63) is 35.0 Å². The van der Waals surface area contributed by atoms with E-state index < -0.39 is 5.91 Å². The zero-order chi connectivity index (χ0) is 15.4. The molecule has 0 saturated carbocycles. The number of rotatable bonds is 4. The molecular formula is C13H13ClN4O3. The molecule has 0 spiro atoms.